The largest absolute Gasteiger partial charge is 0.300 e. The second kappa shape index (κ2) is 13.9. The van der Waals surface area contributed by atoms with Gasteiger partial charge in [0.25, 0.3) is 0 Å². The van der Waals surface area contributed by atoms with Crippen LogP contribution in [0.1, 0.15) is 83.3 Å². The Kier molecular flexibility index (Phi) is 13.1. The fourth-order valence-corrected chi connectivity index (χ4v) is 2.13. The molecule has 1 aromatic rings. The number of aryl methyl sites for hydroxylation is 2. The number of hydrogen-bond acceptors (Lipinski definition) is 1. The van der Waals surface area contributed by atoms with Gasteiger partial charge in [-0.15, -0.1) is 0 Å². The summed E-state index contributed by atoms with van der Waals surface area (Å²) in [6, 6.07) is 8.64. The third-order valence-corrected chi connectivity index (χ3v) is 3.68. The molecule has 0 fully saturated rings. The van der Waals surface area contributed by atoms with E-state index in [2.05, 4.69) is 52.0 Å². The average Bonchev–Trinajstić information content (AvgIpc) is 2.50. The Morgan fingerprint density at radius 2 is 1.38 bits per heavy atom. The number of Topliss-reactive ketones (excluding diaryl/α,β-unsaturated/α-hetero) is 1. The summed E-state index contributed by atoms with van der Waals surface area (Å²) in [6.07, 6.45) is 9.86. The molecule has 0 aliphatic rings. The third-order valence-electron chi connectivity index (χ3n) is 3.68. The number of rotatable bonds is 9. The summed E-state index contributed by atoms with van der Waals surface area (Å²) in [5, 5.41) is 0. The monoisotopic (exact) mass is 290 g/mol. The van der Waals surface area contributed by atoms with Gasteiger partial charge in [0.15, 0.2) is 0 Å². The Morgan fingerprint density at radius 1 is 0.857 bits per heavy atom. The maximum absolute atomic E-state index is 11.0. The molecule has 0 atom stereocenters. The minimum absolute atomic E-state index is 0.448. The Balaban J connectivity index is 0.000000384. The minimum Gasteiger partial charge on any atom is -0.300 e. The normalized spacial score (nSPS) is 9.90. The zero-order valence-corrected chi connectivity index (χ0v) is 14.6. The summed E-state index contributed by atoms with van der Waals surface area (Å²) < 4.78 is 0. The molecule has 21 heavy (non-hydrogen) atoms. The van der Waals surface area contributed by atoms with Crippen LogP contribution in [0.3, 0.4) is 0 Å². The van der Waals surface area contributed by atoms with Crippen LogP contribution in [0.15, 0.2) is 24.3 Å². The Bertz CT molecular complexity index is 358. The molecule has 1 rings (SSSR count). The first kappa shape index (κ1) is 19.9. The van der Waals surface area contributed by atoms with Gasteiger partial charge in [0.1, 0.15) is 5.78 Å². The first-order valence-corrected chi connectivity index (χ1v) is 8.71. The zero-order valence-electron chi connectivity index (χ0n) is 14.6. The Morgan fingerprint density at radius 3 is 1.86 bits per heavy atom. The van der Waals surface area contributed by atoms with Crippen molar-refractivity contribution in [3.63, 3.8) is 0 Å². The predicted molar refractivity (Wildman–Crippen MR) is 93.8 cm³/mol. The van der Waals surface area contributed by atoms with Gasteiger partial charge in [-0.2, -0.15) is 0 Å². The van der Waals surface area contributed by atoms with Gasteiger partial charge in [0.2, 0.25) is 0 Å². The molecular weight excluding hydrogens is 256 g/mol. The molecule has 0 aliphatic heterocycles. The van der Waals surface area contributed by atoms with Crippen molar-refractivity contribution in [3.05, 3.63) is 35.4 Å². The summed E-state index contributed by atoms with van der Waals surface area (Å²) in [7, 11) is 0. The first-order valence-electron chi connectivity index (χ1n) is 8.71. The van der Waals surface area contributed by atoms with Crippen molar-refractivity contribution in [3.8, 4) is 0 Å². The van der Waals surface area contributed by atoms with Crippen molar-refractivity contribution in [2.75, 3.05) is 0 Å². The van der Waals surface area contributed by atoms with E-state index in [1.54, 1.807) is 0 Å². The molecule has 1 nitrogen and oxygen atoms in total. The maximum atomic E-state index is 11.0. The summed E-state index contributed by atoms with van der Waals surface area (Å²) in [6.45, 7) is 8.66. The standard InChI is InChI=1S/C11H16.C9H18O/c1-3-4-8-11-9-6-5-7-10(11)2;1-3-5-7-9(10)8-6-4-2/h5-7,9H,3-4,8H2,1-2H3;3-8H2,1-2H3. The Labute approximate surface area is 132 Å². The summed E-state index contributed by atoms with van der Waals surface area (Å²) >= 11 is 0. The van der Waals surface area contributed by atoms with E-state index in [4.69, 9.17) is 0 Å². The highest BCUT2D eigenvalue weighted by molar-refractivity contribution is 5.78. The molecule has 0 saturated heterocycles. The van der Waals surface area contributed by atoms with Crippen LogP contribution in [0, 0.1) is 6.92 Å². The molecule has 0 saturated carbocycles. The van der Waals surface area contributed by atoms with Crippen molar-refractivity contribution in [1.29, 1.82) is 0 Å². The molecule has 0 N–H and O–H groups in total. The van der Waals surface area contributed by atoms with Crippen LogP contribution in [0.4, 0.5) is 0 Å². The molecule has 0 unspecified atom stereocenters. The SMILES string of the molecule is CCCCC(=O)CCCC.CCCCc1ccccc1C. The number of ketones is 1. The highest BCUT2D eigenvalue weighted by atomic mass is 16.1. The van der Waals surface area contributed by atoms with Gasteiger partial charge in [-0.05, 0) is 43.7 Å². The van der Waals surface area contributed by atoms with Gasteiger partial charge >= 0.3 is 0 Å². The van der Waals surface area contributed by atoms with E-state index in [9.17, 15) is 4.79 Å². The topological polar surface area (TPSA) is 17.1 Å². The van der Waals surface area contributed by atoms with Crippen molar-refractivity contribution in [1.82, 2.24) is 0 Å². The van der Waals surface area contributed by atoms with Gasteiger partial charge < -0.3 is 0 Å². The van der Waals surface area contributed by atoms with Crippen LogP contribution in [-0.2, 0) is 11.2 Å². The molecule has 0 amide bonds. The van der Waals surface area contributed by atoms with E-state index in [1.165, 1.54) is 30.4 Å². The zero-order chi connectivity index (χ0) is 15.9. The third kappa shape index (κ3) is 11.2. The van der Waals surface area contributed by atoms with Crippen LogP contribution in [0.25, 0.3) is 0 Å². The second-order valence-electron chi connectivity index (χ2n) is 5.78. The molecule has 1 aromatic carbocycles. The lowest BCUT2D eigenvalue weighted by atomic mass is 10.0. The van der Waals surface area contributed by atoms with Gasteiger partial charge in [-0.1, -0.05) is 64.3 Å². The van der Waals surface area contributed by atoms with E-state index in [1.807, 2.05) is 0 Å². The highest BCUT2D eigenvalue weighted by Crippen LogP contribution is 2.09. The number of carbonyl (C=O) groups excluding carboxylic acids is 1. The van der Waals surface area contributed by atoms with Crippen molar-refractivity contribution in [2.24, 2.45) is 0 Å². The molecule has 0 aliphatic carbocycles. The summed E-state index contributed by atoms with van der Waals surface area (Å²) in [4.78, 5) is 11.0. The number of benzene rings is 1. The minimum atomic E-state index is 0.448. The van der Waals surface area contributed by atoms with Gasteiger partial charge in [-0.25, -0.2) is 0 Å². The van der Waals surface area contributed by atoms with Crippen molar-refractivity contribution in [2.45, 2.75) is 85.5 Å². The van der Waals surface area contributed by atoms with Crippen LogP contribution in [-0.4, -0.2) is 5.78 Å². The fraction of sp³-hybridized carbons (Fsp3) is 0.650. The molecular formula is C20H34O. The van der Waals surface area contributed by atoms with E-state index in [-0.39, 0.29) is 0 Å². The second-order valence-corrected chi connectivity index (χ2v) is 5.78. The highest BCUT2D eigenvalue weighted by Gasteiger charge is 1.98. The van der Waals surface area contributed by atoms with Crippen LogP contribution in [0.5, 0.6) is 0 Å². The summed E-state index contributed by atoms with van der Waals surface area (Å²) in [5.41, 5.74) is 2.94. The van der Waals surface area contributed by atoms with Gasteiger partial charge in [0.05, 0.1) is 0 Å². The van der Waals surface area contributed by atoms with E-state index < -0.39 is 0 Å². The predicted octanol–water partition coefficient (Wildman–Crippen LogP) is 6.27. The van der Waals surface area contributed by atoms with Gasteiger partial charge in [-0.3, -0.25) is 4.79 Å². The first-order chi connectivity index (χ1) is 10.2. The van der Waals surface area contributed by atoms with Crippen molar-refractivity contribution >= 4 is 5.78 Å². The van der Waals surface area contributed by atoms with E-state index in [0.29, 0.717) is 5.78 Å². The lowest BCUT2D eigenvalue weighted by molar-refractivity contribution is -0.119. The molecule has 120 valence electrons. The van der Waals surface area contributed by atoms with Crippen LogP contribution >= 0.6 is 0 Å². The average molecular weight is 290 g/mol. The fourth-order valence-electron chi connectivity index (χ4n) is 2.13. The van der Waals surface area contributed by atoms with Crippen LogP contribution in [0.2, 0.25) is 0 Å². The molecule has 0 aromatic heterocycles. The molecule has 1 heteroatoms. The van der Waals surface area contributed by atoms with Crippen LogP contribution < -0.4 is 0 Å². The van der Waals surface area contributed by atoms with E-state index >= 15 is 0 Å². The maximum Gasteiger partial charge on any atom is 0.132 e. The molecule has 0 radical (unpaired) electrons. The smallest absolute Gasteiger partial charge is 0.132 e. The molecule has 0 bridgehead atoms. The number of hydrogen-bond donors (Lipinski definition) is 0. The van der Waals surface area contributed by atoms with Crippen molar-refractivity contribution < 1.29 is 4.79 Å². The van der Waals surface area contributed by atoms with Gasteiger partial charge in [0, 0.05) is 12.8 Å². The molecule has 0 spiro atoms. The van der Waals surface area contributed by atoms with E-state index in [0.717, 1.165) is 38.5 Å². The number of carbonyl (C=O) groups is 1. The molecule has 0 heterocycles. The Hall–Kier alpha value is -1.11. The lowest BCUT2D eigenvalue weighted by Crippen LogP contribution is -1.96. The lowest BCUT2D eigenvalue weighted by Gasteiger charge is -2.02. The quantitative estimate of drug-likeness (QED) is 0.523. The number of unbranched alkanes of at least 4 members (excludes halogenated alkanes) is 3. The summed E-state index contributed by atoms with van der Waals surface area (Å²) in [5.74, 6) is 0.448.